The molecule has 46 valence electrons. The highest BCUT2D eigenvalue weighted by Gasteiger charge is 1.86. The van der Waals surface area contributed by atoms with Crippen molar-refractivity contribution < 1.29 is 0 Å². The second-order valence-electron chi connectivity index (χ2n) is 1.83. The van der Waals surface area contributed by atoms with Crippen LogP contribution in [0.4, 0.5) is 0 Å². The van der Waals surface area contributed by atoms with E-state index in [4.69, 9.17) is 5.73 Å². The molecule has 0 fully saturated rings. The van der Waals surface area contributed by atoms with E-state index < -0.39 is 0 Å². The monoisotopic (exact) mass is 120 g/mol. The topological polar surface area (TPSA) is 35.2 Å². The Hall–Kier alpha value is -0.890. The number of hydrogen-bond acceptors (Lipinski definition) is 1. The molecule has 2 nitrogen and oxygen atoms in total. The van der Waals surface area contributed by atoms with Crippen LogP contribution in [0.2, 0.25) is 0 Å². The minimum absolute atomic E-state index is 0.212. The highest BCUT2D eigenvalue weighted by atomic mass is 14.6. The number of aromatic nitrogens is 1. The molecule has 0 unspecified atom stereocenters. The lowest BCUT2D eigenvalue weighted by Crippen LogP contribution is -1.91. The summed E-state index contributed by atoms with van der Waals surface area (Å²) in [7, 11) is 0. The second kappa shape index (κ2) is 3.20. The summed E-state index contributed by atoms with van der Waals surface area (Å²) in [6.45, 7) is 0.212. The Bertz CT molecular complexity index is 160. The van der Waals surface area contributed by atoms with Gasteiger partial charge in [-0.05, 0) is 24.1 Å². The van der Waals surface area contributed by atoms with Gasteiger partial charge in [0, 0.05) is 18.9 Å². The Morgan fingerprint density at radius 1 is 1.33 bits per heavy atom. The van der Waals surface area contributed by atoms with Gasteiger partial charge in [-0.1, -0.05) is 0 Å². The highest BCUT2D eigenvalue weighted by Crippen LogP contribution is 1.94. The van der Waals surface area contributed by atoms with Crippen molar-refractivity contribution >= 4 is 0 Å². The molecule has 1 rings (SSSR count). The summed E-state index contributed by atoms with van der Waals surface area (Å²) < 4.78 is 0. The smallest absolute Gasteiger partial charge is 0.0362 e. The van der Waals surface area contributed by atoms with Crippen molar-refractivity contribution in [3.8, 4) is 0 Å². The van der Waals surface area contributed by atoms with Gasteiger partial charge in [0.1, 0.15) is 0 Å². The normalized spacial score (nSPS) is 9.44. The van der Waals surface area contributed by atoms with Gasteiger partial charge in [-0.25, -0.2) is 0 Å². The number of pyridine rings is 1. The molecule has 2 radical (unpaired) electrons. The molecule has 0 amide bonds. The van der Waals surface area contributed by atoms with Crippen molar-refractivity contribution in [2.75, 3.05) is 6.54 Å². The van der Waals surface area contributed by atoms with Gasteiger partial charge < -0.3 is 0 Å². The quantitative estimate of drug-likeness (QED) is 0.565. The lowest BCUT2D eigenvalue weighted by atomic mass is 10.2. The van der Waals surface area contributed by atoms with Crippen LogP contribution in [0.25, 0.3) is 0 Å². The first-order valence-electron chi connectivity index (χ1n) is 2.93. The van der Waals surface area contributed by atoms with Gasteiger partial charge >= 0.3 is 0 Å². The van der Waals surface area contributed by atoms with Crippen LogP contribution >= 0.6 is 0 Å². The van der Waals surface area contributed by atoms with Gasteiger partial charge in [0.2, 0.25) is 0 Å². The molecule has 1 aromatic heterocycles. The summed E-state index contributed by atoms with van der Waals surface area (Å²) in [5, 5.41) is 0. The number of hydrogen-bond donors (Lipinski definition) is 0. The van der Waals surface area contributed by atoms with Crippen LogP contribution in [0.3, 0.4) is 0 Å². The Morgan fingerprint density at radius 3 is 2.56 bits per heavy atom. The molecular weight excluding hydrogens is 112 g/mol. The van der Waals surface area contributed by atoms with Crippen LogP contribution in [0.15, 0.2) is 24.5 Å². The molecule has 1 heterocycles. The van der Waals surface area contributed by atoms with E-state index in [1.807, 2.05) is 12.1 Å². The first kappa shape index (κ1) is 6.23. The van der Waals surface area contributed by atoms with E-state index in [0.717, 1.165) is 12.0 Å². The largest absolute Gasteiger partial charge is 0.265 e. The van der Waals surface area contributed by atoms with Crippen molar-refractivity contribution in [3.05, 3.63) is 30.1 Å². The molecule has 0 aliphatic heterocycles. The minimum atomic E-state index is 0.212. The fraction of sp³-hybridized carbons (Fsp3) is 0.286. The molecule has 9 heavy (non-hydrogen) atoms. The van der Waals surface area contributed by atoms with Gasteiger partial charge in [0.25, 0.3) is 0 Å². The van der Waals surface area contributed by atoms with Gasteiger partial charge in [0.05, 0.1) is 0 Å². The molecule has 1 aromatic rings. The Labute approximate surface area is 54.7 Å². The van der Waals surface area contributed by atoms with Gasteiger partial charge in [0.15, 0.2) is 0 Å². The standard InChI is InChI=1S/C7H8N2/c8-4-1-7-2-5-9-6-3-7/h2-3,5-6H,1,4H2. The van der Waals surface area contributed by atoms with Crippen molar-refractivity contribution in [2.45, 2.75) is 6.42 Å². The summed E-state index contributed by atoms with van der Waals surface area (Å²) in [5.74, 6) is 0. The predicted molar refractivity (Wildman–Crippen MR) is 34.9 cm³/mol. The Morgan fingerprint density at radius 2 is 2.00 bits per heavy atom. The lowest BCUT2D eigenvalue weighted by molar-refractivity contribution is 0.937. The van der Waals surface area contributed by atoms with Crippen LogP contribution in [0, 0.1) is 0 Å². The third kappa shape index (κ3) is 1.82. The molecule has 0 aliphatic carbocycles. The third-order valence-electron chi connectivity index (χ3n) is 1.15. The zero-order valence-corrected chi connectivity index (χ0v) is 5.12. The third-order valence-corrected chi connectivity index (χ3v) is 1.15. The first-order chi connectivity index (χ1) is 4.43. The molecule has 0 saturated heterocycles. The summed E-state index contributed by atoms with van der Waals surface area (Å²) in [4.78, 5) is 3.85. The van der Waals surface area contributed by atoms with Crippen LogP contribution in [0.5, 0.6) is 0 Å². The SMILES string of the molecule is [N]CCc1ccncc1. The zero-order chi connectivity index (χ0) is 6.53. The molecule has 0 aromatic carbocycles. The fourth-order valence-corrected chi connectivity index (χ4v) is 0.679. The van der Waals surface area contributed by atoms with E-state index in [1.54, 1.807) is 12.4 Å². The average Bonchev–Trinajstić information content (AvgIpc) is 1.91. The van der Waals surface area contributed by atoms with E-state index in [0.29, 0.717) is 0 Å². The highest BCUT2D eigenvalue weighted by molar-refractivity contribution is 5.09. The zero-order valence-electron chi connectivity index (χ0n) is 5.12. The Kier molecular flexibility index (Phi) is 2.22. The average molecular weight is 120 g/mol. The number of rotatable bonds is 2. The molecule has 0 N–H and O–H groups in total. The maximum atomic E-state index is 8.50. The molecule has 0 saturated carbocycles. The Balaban J connectivity index is 2.61. The maximum absolute atomic E-state index is 8.50. The fourth-order valence-electron chi connectivity index (χ4n) is 0.679. The minimum Gasteiger partial charge on any atom is -0.265 e. The number of nitrogens with zero attached hydrogens (tertiary/aromatic N) is 2. The first-order valence-corrected chi connectivity index (χ1v) is 2.93. The molecule has 0 spiro atoms. The summed E-state index contributed by atoms with van der Waals surface area (Å²) >= 11 is 0. The van der Waals surface area contributed by atoms with E-state index in [1.165, 1.54) is 0 Å². The molecule has 0 aliphatic rings. The second-order valence-corrected chi connectivity index (χ2v) is 1.83. The van der Waals surface area contributed by atoms with Gasteiger partial charge in [-0.15, -0.1) is 5.73 Å². The van der Waals surface area contributed by atoms with E-state index >= 15 is 0 Å². The van der Waals surface area contributed by atoms with Gasteiger partial charge in [-0.2, -0.15) is 0 Å². The van der Waals surface area contributed by atoms with E-state index in [2.05, 4.69) is 4.98 Å². The van der Waals surface area contributed by atoms with Crippen LogP contribution in [0.1, 0.15) is 5.56 Å². The van der Waals surface area contributed by atoms with Crippen LogP contribution in [-0.2, 0) is 6.42 Å². The maximum Gasteiger partial charge on any atom is 0.0362 e. The molecule has 0 bridgehead atoms. The molecule has 2 heteroatoms. The van der Waals surface area contributed by atoms with Crippen molar-refractivity contribution in [1.82, 2.24) is 10.7 Å². The van der Waals surface area contributed by atoms with Crippen molar-refractivity contribution in [3.63, 3.8) is 0 Å². The van der Waals surface area contributed by atoms with Crippen molar-refractivity contribution in [1.29, 1.82) is 0 Å². The summed E-state index contributed by atoms with van der Waals surface area (Å²) in [6, 6.07) is 3.80. The predicted octanol–water partition coefficient (Wildman–Crippen LogP) is 0.693. The van der Waals surface area contributed by atoms with Crippen LogP contribution in [-0.4, -0.2) is 11.5 Å². The lowest BCUT2D eigenvalue weighted by Gasteiger charge is -1.92. The van der Waals surface area contributed by atoms with Gasteiger partial charge in [-0.3, -0.25) is 4.98 Å². The van der Waals surface area contributed by atoms with E-state index in [9.17, 15) is 0 Å². The summed E-state index contributed by atoms with van der Waals surface area (Å²) in [6.07, 6.45) is 4.18. The molecular formula is C7H8N2. The van der Waals surface area contributed by atoms with E-state index in [-0.39, 0.29) is 6.54 Å². The summed E-state index contributed by atoms with van der Waals surface area (Å²) in [5.41, 5.74) is 9.63. The molecule has 0 atom stereocenters. The van der Waals surface area contributed by atoms with Crippen LogP contribution < -0.4 is 5.73 Å². The van der Waals surface area contributed by atoms with Crippen molar-refractivity contribution in [2.24, 2.45) is 0 Å².